The van der Waals surface area contributed by atoms with Gasteiger partial charge in [0.15, 0.2) is 11.0 Å². The van der Waals surface area contributed by atoms with Gasteiger partial charge < -0.3 is 19.6 Å². The molecule has 0 spiro atoms. The van der Waals surface area contributed by atoms with Gasteiger partial charge in [0.2, 0.25) is 5.91 Å². The molecule has 0 fully saturated rings. The Hall–Kier alpha value is -4.31. The molecule has 0 saturated carbocycles. The van der Waals surface area contributed by atoms with Gasteiger partial charge in [0.25, 0.3) is 5.56 Å². The number of benzene rings is 2. The van der Waals surface area contributed by atoms with Gasteiger partial charge in [-0.1, -0.05) is 59.4 Å². The van der Waals surface area contributed by atoms with Gasteiger partial charge in [0, 0.05) is 17.8 Å². The van der Waals surface area contributed by atoms with Gasteiger partial charge in [-0.05, 0) is 24.6 Å². The Morgan fingerprint density at radius 3 is 2.69 bits per heavy atom. The summed E-state index contributed by atoms with van der Waals surface area (Å²) in [5, 5.41) is 6.83. The van der Waals surface area contributed by atoms with Crippen LogP contribution < -0.4 is 15.6 Å². The molecule has 2 N–H and O–H groups in total. The zero-order chi connectivity index (χ0) is 24.4. The normalized spacial score (nSPS) is 11.0. The number of methoxy groups -OCH3 is 1. The molecule has 10 heteroatoms. The molecule has 5 rings (SSSR count). The molecule has 0 aliphatic heterocycles. The predicted octanol–water partition coefficient (Wildman–Crippen LogP) is 4.42. The molecule has 2 aromatic carbocycles. The Labute approximate surface area is 204 Å². The highest BCUT2D eigenvalue weighted by Gasteiger charge is 2.20. The van der Waals surface area contributed by atoms with Crippen LogP contribution in [0.2, 0.25) is 0 Å². The first kappa shape index (κ1) is 22.5. The minimum atomic E-state index is -0.304. The van der Waals surface area contributed by atoms with E-state index in [1.165, 1.54) is 11.7 Å². The lowest BCUT2D eigenvalue weighted by molar-refractivity contribution is -0.113. The number of carbonyl (C=O) groups excluding carboxylic acids is 1. The number of aromatic amines is 1. The molecule has 0 bridgehead atoms. The number of anilines is 1. The van der Waals surface area contributed by atoms with Crippen molar-refractivity contribution < 1.29 is 14.1 Å². The fourth-order valence-corrected chi connectivity index (χ4v) is 4.53. The molecular formula is C25H21N5O4S. The summed E-state index contributed by atoms with van der Waals surface area (Å²) in [5.41, 5.74) is 2.85. The van der Waals surface area contributed by atoms with E-state index in [0.29, 0.717) is 39.2 Å². The quantitative estimate of drug-likeness (QED) is 0.258. The highest BCUT2D eigenvalue weighted by molar-refractivity contribution is 7.99. The lowest BCUT2D eigenvalue weighted by atomic mass is 10.1. The number of H-pyrrole nitrogens is 1. The average molecular weight is 488 g/mol. The van der Waals surface area contributed by atoms with Crippen molar-refractivity contribution in [1.82, 2.24) is 19.7 Å². The summed E-state index contributed by atoms with van der Waals surface area (Å²) < 4.78 is 12.0. The van der Waals surface area contributed by atoms with Crippen molar-refractivity contribution in [2.24, 2.45) is 0 Å². The SMILES string of the molecule is COc1ccccc1-n1c(SCC(=O)Nc2cc(C)on2)nc2c(-c3ccccc3)c[nH]c2c1=O. The Kier molecular flexibility index (Phi) is 6.11. The molecule has 0 radical (unpaired) electrons. The van der Waals surface area contributed by atoms with Crippen LogP contribution in [0.4, 0.5) is 5.82 Å². The summed E-state index contributed by atoms with van der Waals surface area (Å²) in [6.45, 7) is 1.74. The van der Waals surface area contributed by atoms with Gasteiger partial charge in [0.1, 0.15) is 22.5 Å². The molecule has 3 heterocycles. The number of fused-ring (bicyclic) bond motifs is 1. The number of amides is 1. The number of carbonyl (C=O) groups is 1. The zero-order valence-electron chi connectivity index (χ0n) is 18.9. The lowest BCUT2D eigenvalue weighted by Crippen LogP contribution is -2.23. The van der Waals surface area contributed by atoms with E-state index in [2.05, 4.69) is 15.5 Å². The Morgan fingerprint density at radius 1 is 1.17 bits per heavy atom. The van der Waals surface area contributed by atoms with E-state index in [4.69, 9.17) is 14.2 Å². The minimum absolute atomic E-state index is 0.00406. The van der Waals surface area contributed by atoms with E-state index in [0.717, 1.165) is 22.9 Å². The summed E-state index contributed by atoms with van der Waals surface area (Å²) in [6.07, 6.45) is 1.77. The number of para-hydroxylation sites is 2. The second-order valence-electron chi connectivity index (χ2n) is 7.66. The first-order valence-corrected chi connectivity index (χ1v) is 11.7. The van der Waals surface area contributed by atoms with Crippen LogP contribution in [-0.4, -0.2) is 38.5 Å². The number of thioether (sulfide) groups is 1. The fraction of sp³-hybridized carbons (Fsp3) is 0.120. The first-order valence-electron chi connectivity index (χ1n) is 10.7. The largest absolute Gasteiger partial charge is 0.495 e. The van der Waals surface area contributed by atoms with Crippen LogP contribution >= 0.6 is 11.8 Å². The second-order valence-corrected chi connectivity index (χ2v) is 8.60. The van der Waals surface area contributed by atoms with Gasteiger partial charge in [-0.25, -0.2) is 9.55 Å². The number of hydrogen-bond donors (Lipinski definition) is 2. The Bertz CT molecular complexity index is 1570. The molecule has 0 saturated heterocycles. The second kappa shape index (κ2) is 9.51. The van der Waals surface area contributed by atoms with Crippen LogP contribution in [0.1, 0.15) is 5.76 Å². The Balaban J connectivity index is 1.60. The minimum Gasteiger partial charge on any atom is -0.495 e. The predicted molar refractivity (Wildman–Crippen MR) is 134 cm³/mol. The van der Waals surface area contributed by atoms with Crippen molar-refractivity contribution in [1.29, 1.82) is 0 Å². The first-order chi connectivity index (χ1) is 17.0. The zero-order valence-corrected chi connectivity index (χ0v) is 19.8. The van der Waals surface area contributed by atoms with Crippen LogP contribution in [-0.2, 0) is 4.79 Å². The van der Waals surface area contributed by atoms with E-state index in [-0.39, 0.29) is 17.2 Å². The van der Waals surface area contributed by atoms with Crippen molar-refractivity contribution in [3.8, 4) is 22.6 Å². The van der Waals surface area contributed by atoms with Gasteiger partial charge >= 0.3 is 0 Å². The highest BCUT2D eigenvalue weighted by atomic mass is 32.2. The summed E-state index contributed by atoms with van der Waals surface area (Å²) in [5.74, 6) is 1.13. The van der Waals surface area contributed by atoms with E-state index < -0.39 is 0 Å². The van der Waals surface area contributed by atoms with Crippen molar-refractivity contribution in [3.05, 3.63) is 83.0 Å². The number of aromatic nitrogens is 4. The molecular weight excluding hydrogens is 466 g/mol. The number of hydrogen-bond acceptors (Lipinski definition) is 7. The molecule has 3 aromatic heterocycles. The lowest BCUT2D eigenvalue weighted by Gasteiger charge is -2.15. The number of nitrogens with one attached hydrogen (secondary N) is 2. The van der Waals surface area contributed by atoms with E-state index >= 15 is 0 Å². The molecule has 0 unspecified atom stereocenters. The molecule has 0 aliphatic rings. The molecule has 0 atom stereocenters. The van der Waals surface area contributed by atoms with Crippen molar-refractivity contribution in [2.45, 2.75) is 12.1 Å². The van der Waals surface area contributed by atoms with Crippen LogP contribution in [0.3, 0.4) is 0 Å². The third kappa shape index (κ3) is 4.43. The maximum absolute atomic E-state index is 13.7. The molecule has 1 amide bonds. The van der Waals surface area contributed by atoms with E-state index in [1.807, 2.05) is 42.5 Å². The smallest absolute Gasteiger partial charge is 0.283 e. The molecule has 176 valence electrons. The maximum Gasteiger partial charge on any atom is 0.283 e. The number of nitrogens with zero attached hydrogens (tertiary/aromatic N) is 3. The third-order valence-electron chi connectivity index (χ3n) is 5.31. The standard InChI is InChI=1S/C25H21N5O4S/c1-15-12-20(29-34-15)27-21(31)14-35-25-28-22-17(16-8-4-3-5-9-16)13-26-23(22)24(32)30(25)18-10-6-7-11-19(18)33-2/h3-13,26H,14H2,1-2H3,(H,27,29,31). The topological polar surface area (TPSA) is 115 Å². The van der Waals surface area contributed by atoms with Gasteiger partial charge in [-0.2, -0.15) is 0 Å². The van der Waals surface area contributed by atoms with Crippen molar-refractivity contribution >= 4 is 34.5 Å². The van der Waals surface area contributed by atoms with Crippen molar-refractivity contribution in [3.63, 3.8) is 0 Å². The molecule has 0 aliphatic carbocycles. The summed E-state index contributed by atoms with van der Waals surface area (Å²) in [7, 11) is 1.54. The van der Waals surface area contributed by atoms with Crippen LogP contribution in [0, 0.1) is 6.92 Å². The third-order valence-corrected chi connectivity index (χ3v) is 6.25. The van der Waals surface area contributed by atoms with Crippen LogP contribution in [0.25, 0.3) is 27.8 Å². The number of ether oxygens (including phenoxy) is 1. The fourth-order valence-electron chi connectivity index (χ4n) is 3.74. The van der Waals surface area contributed by atoms with E-state index in [1.54, 1.807) is 31.3 Å². The maximum atomic E-state index is 13.7. The molecule has 5 aromatic rings. The van der Waals surface area contributed by atoms with Crippen molar-refractivity contribution in [2.75, 3.05) is 18.2 Å². The summed E-state index contributed by atoms with van der Waals surface area (Å²) >= 11 is 1.14. The monoisotopic (exact) mass is 487 g/mol. The van der Waals surface area contributed by atoms with Gasteiger partial charge in [-0.15, -0.1) is 0 Å². The van der Waals surface area contributed by atoms with Gasteiger partial charge in [0.05, 0.1) is 18.6 Å². The van der Waals surface area contributed by atoms with E-state index in [9.17, 15) is 9.59 Å². The van der Waals surface area contributed by atoms with Crippen LogP contribution in [0.15, 0.2) is 81.3 Å². The number of rotatable bonds is 7. The molecule has 35 heavy (non-hydrogen) atoms. The average Bonchev–Trinajstić information content (AvgIpc) is 3.49. The highest BCUT2D eigenvalue weighted by Crippen LogP contribution is 2.31. The number of aryl methyl sites for hydroxylation is 1. The summed E-state index contributed by atoms with van der Waals surface area (Å²) in [6, 6.07) is 18.5. The summed E-state index contributed by atoms with van der Waals surface area (Å²) in [4.78, 5) is 34.2. The molecule has 9 nitrogen and oxygen atoms in total. The van der Waals surface area contributed by atoms with Crippen LogP contribution in [0.5, 0.6) is 5.75 Å². The van der Waals surface area contributed by atoms with Gasteiger partial charge in [-0.3, -0.25) is 9.59 Å². The Morgan fingerprint density at radius 2 is 1.94 bits per heavy atom.